The van der Waals surface area contributed by atoms with Crippen molar-refractivity contribution in [2.75, 3.05) is 13.1 Å². The molecule has 1 aromatic rings. The van der Waals surface area contributed by atoms with Crippen LogP contribution in [0.15, 0.2) is 30.6 Å². The number of nitrogens with two attached hydrogens (primary N) is 1. The molecule has 0 unspecified atom stereocenters. The predicted molar refractivity (Wildman–Crippen MR) is 55.3 cm³/mol. The summed E-state index contributed by atoms with van der Waals surface area (Å²) >= 11 is 0. The lowest BCUT2D eigenvalue weighted by Crippen LogP contribution is -2.27. The highest BCUT2D eigenvalue weighted by atomic mass is 16.1. The average Bonchev–Trinajstić information content (AvgIpc) is 2.25. The molecular formula is C10H13N3O. The maximum atomic E-state index is 11.1. The Morgan fingerprint density at radius 1 is 1.64 bits per heavy atom. The predicted octanol–water partition coefficient (Wildman–Crippen LogP) is 0.170. The number of carbonyl (C=O) groups is 1. The van der Waals surface area contributed by atoms with Crippen LogP contribution in [0.3, 0.4) is 0 Å². The molecule has 14 heavy (non-hydrogen) atoms. The number of pyridine rings is 1. The molecule has 4 nitrogen and oxygen atoms in total. The third kappa shape index (κ3) is 3.82. The summed E-state index contributed by atoms with van der Waals surface area (Å²) in [5.41, 5.74) is 6.13. The van der Waals surface area contributed by atoms with E-state index in [4.69, 9.17) is 5.73 Å². The Hall–Kier alpha value is -1.68. The first-order valence-corrected chi connectivity index (χ1v) is 4.39. The molecule has 1 aromatic heterocycles. The van der Waals surface area contributed by atoms with Crippen LogP contribution in [-0.4, -0.2) is 24.0 Å². The van der Waals surface area contributed by atoms with Gasteiger partial charge in [0.05, 0.1) is 0 Å². The molecule has 0 aliphatic carbocycles. The van der Waals surface area contributed by atoms with E-state index in [9.17, 15) is 4.79 Å². The average molecular weight is 191 g/mol. The Kier molecular flexibility index (Phi) is 4.37. The summed E-state index contributed by atoms with van der Waals surface area (Å²) in [6.07, 6.45) is 6.55. The van der Waals surface area contributed by atoms with Crippen molar-refractivity contribution < 1.29 is 4.79 Å². The van der Waals surface area contributed by atoms with Crippen LogP contribution >= 0.6 is 0 Å². The molecule has 0 aromatic carbocycles. The minimum atomic E-state index is -0.140. The smallest absolute Gasteiger partial charge is 0.244 e. The van der Waals surface area contributed by atoms with Crippen LogP contribution in [0, 0.1) is 0 Å². The van der Waals surface area contributed by atoms with Crippen molar-refractivity contribution in [1.29, 1.82) is 0 Å². The van der Waals surface area contributed by atoms with Crippen LogP contribution in [0.25, 0.3) is 6.08 Å². The normalized spacial score (nSPS) is 10.4. The number of carbonyl (C=O) groups excluding carboxylic acids is 1. The van der Waals surface area contributed by atoms with Gasteiger partial charge in [0.2, 0.25) is 5.91 Å². The van der Waals surface area contributed by atoms with E-state index in [0.717, 1.165) is 5.56 Å². The molecule has 1 heterocycles. The molecule has 1 amide bonds. The summed E-state index contributed by atoms with van der Waals surface area (Å²) in [6.45, 7) is 0.947. The van der Waals surface area contributed by atoms with E-state index in [1.54, 1.807) is 18.5 Å². The number of amides is 1. The quantitative estimate of drug-likeness (QED) is 0.666. The Morgan fingerprint density at radius 3 is 3.14 bits per heavy atom. The molecular weight excluding hydrogens is 178 g/mol. The first-order chi connectivity index (χ1) is 6.83. The molecule has 0 atom stereocenters. The molecule has 1 rings (SSSR count). The molecule has 0 aliphatic rings. The van der Waals surface area contributed by atoms with Crippen molar-refractivity contribution in [1.82, 2.24) is 10.3 Å². The number of rotatable bonds is 4. The summed E-state index contributed by atoms with van der Waals surface area (Å²) in [7, 11) is 0. The standard InChI is InChI=1S/C10H13N3O/c11-5-7-13-10(14)4-3-9-2-1-6-12-8-9/h1-4,6,8H,5,7,11H2,(H,13,14)/b4-3+. The van der Waals surface area contributed by atoms with Gasteiger partial charge in [-0.3, -0.25) is 9.78 Å². The van der Waals surface area contributed by atoms with Crippen LogP contribution in [0.5, 0.6) is 0 Å². The summed E-state index contributed by atoms with van der Waals surface area (Å²) < 4.78 is 0. The maximum absolute atomic E-state index is 11.1. The molecule has 0 aliphatic heterocycles. The van der Waals surface area contributed by atoms with Gasteiger partial charge in [0, 0.05) is 31.6 Å². The third-order valence-corrected chi connectivity index (χ3v) is 1.56. The Bertz CT molecular complexity index is 308. The van der Waals surface area contributed by atoms with E-state index >= 15 is 0 Å². The van der Waals surface area contributed by atoms with Gasteiger partial charge >= 0.3 is 0 Å². The van der Waals surface area contributed by atoms with Gasteiger partial charge in [-0.1, -0.05) is 6.07 Å². The Labute approximate surface area is 82.8 Å². The Balaban J connectivity index is 2.44. The van der Waals surface area contributed by atoms with Gasteiger partial charge < -0.3 is 11.1 Å². The summed E-state index contributed by atoms with van der Waals surface area (Å²) in [4.78, 5) is 15.0. The zero-order valence-electron chi connectivity index (χ0n) is 7.81. The van der Waals surface area contributed by atoms with Gasteiger partial charge in [-0.15, -0.1) is 0 Å². The second-order valence-electron chi connectivity index (χ2n) is 2.70. The van der Waals surface area contributed by atoms with Gasteiger partial charge in [0.25, 0.3) is 0 Å². The molecule has 74 valence electrons. The fourth-order valence-electron chi connectivity index (χ4n) is 0.901. The molecule has 0 fully saturated rings. The van der Waals surface area contributed by atoms with Crippen molar-refractivity contribution in [3.8, 4) is 0 Å². The van der Waals surface area contributed by atoms with Crippen molar-refractivity contribution in [3.63, 3.8) is 0 Å². The van der Waals surface area contributed by atoms with Crippen molar-refractivity contribution in [2.45, 2.75) is 0 Å². The van der Waals surface area contributed by atoms with Crippen molar-refractivity contribution in [2.24, 2.45) is 5.73 Å². The second-order valence-corrected chi connectivity index (χ2v) is 2.70. The third-order valence-electron chi connectivity index (χ3n) is 1.56. The highest BCUT2D eigenvalue weighted by Crippen LogP contribution is 1.97. The van der Waals surface area contributed by atoms with Gasteiger partial charge in [-0.25, -0.2) is 0 Å². The minimum absolute atomic E-state index is 0.140. The lowest BCUT2D eigenvalue weighted by Gasteiger charge is -1.97. The van der Waals surface area contributed by atoms with Gasteiger partial charge in [-0.2, -0.15) is 0 Å². The fourth-order valence-corrected chi connectivity index (χ4v) is 0.901. The number of nitrogens with one attached hydrogen (secondary N) is 1. The second kappa shape index (κ2) is 5.88. The number of aromatic nitrogens is 1. The largest absolute Gasteiger partial charge is 0.351 e. The van der Waals surface area contributed by atoms with Crippen LogP contribution < -0.4 is 11.1 Å². The van der Waals surface area contributed by atoms with Gasteiger partial charge in [0.15, 0.2) is 0 Å². The van der Waals surface area contributed by atoms with E-state index in [1.807, 2.05) is 12.1 Å². The van der Waals surface area contributed by atoms with E-state index in [-0.39, 0.29) is 5.91 Å². The maximum Gasteiger partial charge on any atom is 0.244 e. The Morgan fingerprint density at radius 2 is 2.50 bits per heavy atom. The van der Waals surface area contributed by atoms with Crippen LogP contribution in [0.4, 0.5) is 0 Å². The number of hydrogen-bond donors (Lipinski definition) is 2. The SMILES string of the molecule is NCCNC(=O)/C=C/c1cccnc1. The van der Waals surface area contributed by atoms with E-state index < -0.39 is 0 Å². The zero-order valence-corrected chi connectivity index (χ0v) is 7.81. The molecule has 4 heteroatoms. The fraction of sp³-hybridized carbons (Fsp3) is 0.200. The summed E-state index contributed by atoms with van der Waals surface area (Å²) in [5, 5.41) is 2.63. The lowest BCUT2D eigenvalue weighted by atomic mass is 10.2. The van der Waals surface area contributed by atoms with Gasteiger partial charge in [0.1, 0.15) is 0 Å². The van der Waals surface area contributed by atoms with Crippen LogP contribution in [0.2, 0.25) is 0 Å². The van der Waals surface area contributed by atoms with Crippen LogP contribution in [0.1, 0.15) is 5.56 Å². The molecule has 0 saturated heterocycles. The number of nitrogens with zero attached hydrogens (tertiary/aromatic N) is 1. The molecule has 3 N–H and O–H groups in total. The van der Waals surface area contributed by atoms with Crippen molar-refractivity contribution >= 4 is 12.0 Å². The van der Waals surface area contributed by atoms with E-state index in [2.05, 4.69) is 10.3 Å². The van der Waals surface area contributed by atoms with Crippen LogP contribution in [-0.2, 0) is 4.79 Å². The molecule has 0 radical (unpaired) electrons. The first kappa shape index (κ1) is 10.4. The summed E-state index contributed by atoms with van der Waals surface area (Å²) in [5.74, 6) is -0.140. The molecule has 0 spiro atoms. The topological polar surface area (TPSA) is 68.0 Å². The first-order valence-electron chi connectivity index (χ1n) is 4.39. The highest BCUT2D eigenvalue weighted by Gasteiger charge is 1.92. The van der Waals surface area contributed by atoms with Gasteiger partial charge in [-0.05, 0) is 17.7 Å². The summed E-state index contributed by atoms with van der Waals surface area (Å²) in [6, 6.07) is 3.69. The highest BCUT2D eigenvalue weighted by molar-refractivity contribution is 5.91. The van der Waals surface area contributed by atoms with E-state index in [1.165, 1.54) is 6.08 Å². The van der Waals surface area contributed by atoms with Crippen molar-refractivity contribution in [3.05, 3.63) is 36.2 Å². The monoisotopic (exact) mass is 191 g/mol. The molecule has 0 bridgehead atoms. The lowest BCUT2D eigenvalue weighted by molar-refractivity contribution is -0.116. The molecule has 0 saturated carbocycles. The number of hydrogen-bond acceptors (Lipinski definition) is 3. The van der Waals surface area contributed by atoms with E-state index in [0.29, 0.717) is 13.1 Å². The minimum Gasteiger partial charge on any atom is -0.351 e. The zero-order chi connectivity index (χ0) is 10.2.